The molecule has 0 amide bonds. The fourth-order valence-corrected chi connectivity index (χ4v) is 9.81. The number of nitrogens with zero attached hydrogens (tertiary/aromatic N) is 11. The van der Waals surface area contributed by atoms with E-state index >= 15 is 0 Å². The highest BCUT2D eigenvalue weighted by molar-refractivity contribution is 6.30. The second kappa shape index (κ2) is 25.4. The first-order valence-electron chi connectivity index (χ1n) is 33.7. The number of H-pyrrole nitrogens is 1. The van der Waals surface area contributed by atoms with Crippen LogP contribution in [-0.4, -0.2) is 70.1 Å². The molecule has 7 aromatic carbocycles. The molecular weight excluding hydrogens is 1030 g/mol. The van der Waals surface area contributed by atoms with Gasteiger partial charge in [0, 0.05) is 58.9 Å². The minimum absolute atomic E-state index is 0.116. The van der Waals surface area contributed by atoms with E-state index in [0.29, 0.717) is 28.3 Å². The summed E-state index contributed by atoms with van der Waals surface area (Å²) in [5.41, 5.74) is 7.18. The normalized spacial score (nSPS) is 17.4. The van der Waals surface area contributed by atoms with E-state index in [1.54, 1.807) is 41.2 Å². The number of rotatable bonds is 20. The lowest BCUT2D eigenvalue weighted by atomic mass is 9.77. The van der Waals surface area contributed by atoms with E-state index in [1.165, 1.54) is 0 Å². The lowest BCUT2D eigenvalue weighted by molar-refractivity contribution is 0.271. The Kier molecular flexibility index (Phi) is 11.5. The van der Waals surface area contributed by atoms with Gasteiger partial charge in [-0.2, -0.15) is 5.21 Å². The summed E-state index contributed by atoms with van der Waals surface area (Å²) in [4.78, 5) is 9.62. The number of aryl methyl sites for hydroxylation is 2. The molecule has 11 rings (SSSR count). The number of imidazole rings is 2. The lowest BCUT2D eigenvalue weighted by Crippen LogP contribution is -2.39. The summed E-state index contributed by atoms with van der Waals surface area (Å²) in [6, 6.07) is 59.3. The molecule has 0 bridgehead atoms. The van der Waals surface area contributed by atoms with Crippen molar-refractivity contribution < 1.29 is 34.9 Å². The molecule has 0 fully saturated rings. The average molecular weight is 1110 g/mol. The Morgan fingerprint density at radius 3 is 1.34 bits per heavy atom. The number of benzene rings is 7. The van der Waals surface area contributed by atoms with Crippen molar-refractivity contribution in [3.8, 4) is 45.0 Å². The van der Waals surface area contributed by atoms with E-state index < -0.39 is 82.3 Å². The Labute approximate surface area is 494 Å². The highest BCUT2D eigenvalue weighted by Crippen LogP contribution is 2.41. The zero-order chi connectivity index (χ0) is 70.2. The summed E-state index contributed by atoms with van der Waals surface area (Å²) in [5.74, 6) is -0.0722. The van der Waals surface area contributed by atoms with E-state index in [1.807, 2.05) is 152 Å². The molecule has 4 atom stereocenters. The maximum Gasteiger partial charge on any atom is 0.205 e. The van der Waals surface area contributed by atoms with Crippen LogP contribution in [0.15, 0.2) is 188 Å². The quantitative estimate of drug-likeness (QED) is 0.0623. The van der Waals surface area contributed by atoms with Gasteiger partial charge in [0.25, 0.3) is 0 Å². The maximum atomic E-state index is 10.3. The molecule has 16 heteroatoms. The van der Waals surface area contributed by atoms with Crippen molar-refractivity contribution in [2.45, 2.75) is 83.8 Å². The number of aromatic nitrogens is 12. The van der Waals surface area contributed by atoms with Crippen LogP contribution in [0.5, 0.6) is 0 Å². The number of aliphatic hydroxyl groups is 2. The minimum atomic E-state index is -3.45. The van der Waals surface area contributed by atoms with Gasteiger partial charge in [-0.15, -0.1) is 25.2 Å². The predicted molar refractivity (Wildman–Crippen MR) is 310 cm³/mol. The summed E-state index contributed by atoms with van der Waals surface area (Å²) in [7, 11) is 0. The van der Waals surface area contributed by atoms with Crippen LogP contribution in [0.25, 0.3) is 45.0 Å². The zero-order valence-electron chi connectivity index (χ0n) is 59.7. The topological polar surface area (TPSA) is 174 Å². The summed E-state index contributed by atoms with van der Waals surface area (Å²) >= 11 is 12.4. The Morgan fingerprint density at radius 2 is 0.937 bits per heavy atom. The first kappa shape index (κ1) is 35.9. The Bertz CT molecular complexity index is 4390. The fraction of sp³-hybridized carbons (Fsp3) is 0.206. The largest absolute Gasteiger partial charge is 0.390 e. The predicted octanol–water partition coefficient (Wildman–Crippen LogP) is 12.8. The molecule has 0 saturated carbocycles. The number of halogens is 2. The van der Waals surface area contributed by atoms with Gasteiger partial charge in [0.15, 0.2) is 15.8 Å². The standard InChI is InChI=1S/C41H37ClN6O.C22H23ClN6O/c1-2-3-23-38-43-39(42)37(29-49)47(38)28-30-24-26-31(27-25-30)35-21-13-14-22-36(35)40-44-46-48(45-40)41(32-15-7-4-8-16-32,33-17-9-5-10-18-33)34-19-11-6-12-20-34;1-2-3-8-20-24-21(23)19(14-30)29(20)13-15-9-11-16(12-10-15)17-6-4-5-7-18(17)22-25-27-28-26-22/h4-22,24-27,49H,2-3,23,28-29H2,1H3;4-7,9-12,30H,2-3,8,13-14H2,1H3,(H,25,26,27,28)/i1D3,2D2,3D2,23D,29D;1D3,2D2,3D2,8D,14D. The molecule has 4 unspecified atom stereocenters. The van der Waals surface area contributed by atoms with Gasteiger partial charge in [0.2, 0.25) is 11.6 Å². The number of aromatic amines is 1. The van der Waals surface area contributed by atoms with Crippen LogP contribution in [0.3, 0.4) is 0 Å². The summed E-state index contributed by atoms with van der Waals surface area (Å²) < 4.78 is 146. The van der Waals surface area contributed by atoms with Gasteiger partial charge in [0.05, 0.1) is 27.3 Å². The molecule has 0 radical (unpaired) electrons. The molecular formula is C63H60Cl2N12O2. The van der Waals surface area contributed by atoms with Gasteiger partial charge in [-0.1, -0.05) is 238 Å². The van der Waals surface area contributed by atoms with E-state index in [0.717, 1.165) is 53.6 Å². The van der Waals surface area contributed by atoms with Crippen LogP contribution >= 0.6 is 23.2 Å². The van der Waals surface area contributed by atoms with Gasteiger partial charge in [-0.25, -0.2) is 9.97 Å². The number of aliphatic hydroxyl groups excluding tert-OH is 2. The van der Waals surface area contributed by atoms with Crippen molar-refractivity contribution in [2.24, 2.45) is 0 Å². The molecule has 0 aliphatic heterocycles. The van der Waals surface area contributed by atoms with Crippen LogP contribution < -0.4 is 0 Å². The third-order valence-electron chi connectivity index (χ3n) is 13.0. The Morgan fingerprint density at radius 1 is 0.519 bits per heavy atom. The summed E-state index contributed by atoms with van der Waals surface area (Å²) in [6.07, 6.45) is -17.7. The first-order valence-corrected chi connectivity index (χ1v) is 25.2. The molecule has 79 heavy (non-hydrogen) atoms. The first-order chi connectivity index (χ1) is 45.7. The molecule has 0 aliphatic carbocycles. The van der Waals surface area contributed by atoms with Crippen molar-refractivity contribution in [1.29, 1.82) is 0 Å². The van der Waals surface area contributed by atoms with E-state index in [-0.39, 0.29) is 34.8 Å². The fourth-order valence-electron chi connectivity index (χ4n) is 9.33. The van der Waals surface area contributed by atoms with Gasteiger partial charge in [-0.3, -0.25) is 0 Å². The van der Waals surface area contributed by atoms with Crippen molar-refractivity contribution in [3.63, 3.8) is 0 Å². The molecule has 11 aromatic rings. The van der Waals surface area contributed by atoms with Gasteiger partial charge in [0.1, 0.15) is 11.6 Å². The molecule has 4 heterocycles. The van der Waals surface area contributed by atoms with Crippen molar-refractivity contribution >= 4 is 23.2 Å². The number of tetrazole rings is 2. The second-order valence-electron chi connectivity index (χ2n) is 17.5. The third-order valence-corrected chi connectivity index (χ3v) is 13.5. The molecule has 4 aromatic heterocycles. The van der Waals surface area contributed by atoms with Crippen molar-refractivity contribution in [2.75, 3.05) is 0 Å². The molecule has 0 saturated heterocycles. The SMILES string of the molecule is [2H]C(O)c1c(Cl)nc(C([2H])C([2H])([2H])C([2H])([2H])C([2H])([2H])[2H])n1Cc1ccc(-c2ccccc2-c2nn[nH]n2)cc1.[2H]C(O)c1c(Cl)nc(C([2H])C([2H])([2H])C([2H])([2H])C([2H])([2H])[2H])n1Cc1ccc(-c2ccccc2-c2nnn(C(c3ccccc3)(c3ccccc3)c3ccccc3)n2)cc1. The molecule has 398 valence electrons. The van der Waals surface area contributed by atoms with Crippen LogP contribution in [-0.2, 0) is 44.6 Å². The molecule has 3 N–H and O–H groups in total. The third kappa shape index (κ3) is 11.6. The van der Waals surface area contributed by atoms with Crippen LogP contribution in [0.4, 0.5) is 0 Å². The van der Waals surface area contributed by atoms with Crippen LogP contribution in [0.1, 0.15) is 115 Å². The molecule has 0 aliphatic rings. The van der Waals surface area contributed by atoms with E-state index in [2.05, 4.69) is 40.9 Å². The smallest absolute Gasteiger partial charge is 0.205 e. The zero-order valence-corrected chi connectivity index (χ0v) is 43.2. The van der Waals surface area contributed by atoms with Gasteiger partial charge < -0.3 is 19.3 Å². The average Bonchev–Trinajstić information content (AvgIpc) is 1.74. The van der Waals surface area contributed by atoms with E-state index in [9.17, 15) is 10.2 Å². The number of nitrogens with one attached hydrogen (secondary N) is 1. The lowest BCUT2D eigenvalue weighted by Gasteiger charge is -2.34. The van der Waals surface area contributed by atoms with E-state index in [4.69, 9.17) is 53.0 Å². The minimum Gasteiger partial charge on any atom is -0.390 e. The van der Waals surface area contributed by atoms with Crippen molar-refractivity contribution in [1.82, 2.24) is 59.9 Å². The summed E-state index contributed by atoms with van der Waals surface area (Å²) in [5, 5.41) is 48.1. The van der Waals surface area contributed by atoms with Gasteiger partial charge in [-0.05, 0) is 73.2 Å². The van der Waals surface area contributed by atoms with Crippen molar-refractivity contribution in [3.05, 3.63) is 249 Å². The number of hydrogen-bond acceptors (Lipinski definition) is 10. The highest BCUT2D eigenvalue weighted by atomic mass is 35.5. The van der Waals surface area contributed by atoms with Gasteiger partial charge >= 0.3 is 0 Å². The monoisotopic (exact) mass is 1100 g/mol. The second-order valence-corrected chi connectivity index (χ2v) is 18.2. The summed E-state index contributed by atoms with van der Waals surface area (Å²) in [6.45, 7) is -10.9. The maximum absolute atomic E-state index is 10.3. The molecule has 0 spiro atoms. The number of hydrogen-bond donors (Lipinski definition) is 3. The van der Waals surface area contributed by atoms with Crippen LogP contribution in [0.2, 0.25) is 10.3 Å². The Hall–Kier alpha value is -8.40. The Balaban J connectivity index is 0.000000228. The molecule has 14 nitrogen and oxygen atoms in total. The highest BCUT2D eigenvalue weighted by Gasteiger charge is 2.41. The van der Waals surface area contributed by atoms with Crippen LogP contribution in [0, 0.1) is 0 Å².